The lowest BCUT2D eigenvalue weighted by atomic mass is 9.91. The Morgan fingerprint density at radius 3 is 2.79 bits per heavy atom. The summed E-state index contributed by atoms with van der Waals surface area (Å²) in [5.74, 6) is -3.90. The monoisotopic (exact) mass is 407 g/mol. The fourth-order valence-electron chi connectivity index (χ4n) is 3.14. The standard InChI is InChI=1S/C17H15F2N5O3S/c18-17(19)3-1-9(2-4-17)13-15(26)24(16(27)28-13)7-12(25)23-10-5-11-14(20-6-10)22-8-21-11/h5-6,8H,1-4,7H2,(H,23,25)(H,20,21,22). The van der Waals surface area contributed by atoms with Crippen LogP contribution in [-0.4, -0.2) is 49.4 Å². The minimum Gasteiger partial charge on any atom is -0.343 e. The van der Waals surface area contributed by atoms with Crippen molar-refractivity contribution in [3.05, 3.63) is 29.1 Å². The molecular formula is C17H15F2N5O3S. The number of thioether (sulfide) groups is 1. The first-order chi connectivity index (χ1) is 13.3. The van der Waals surface area contributed by atoms with Crippen LogP contribution in [0.3, 0.4) is 0 Å². The second kappa shape index (κ2) is 6.97. The van der Waals surface area contributed by atoms with Crippen LogP contribution in [0.1, 0.15) is 25.7 Å². The number of H-pyrrole nitrogens is 1. The molecule has 3 amide bonds. The van der Waals surface area contributed by atoms with E-state index in [1.165, 1.54) is 12.5 Å². The van der Waals surface area contributed by atoms with Gasteiger partial charge in [0.1, 0.15) is 6.54 Å². The van der Waals surface area contributed by atoms with Crippen molar-refractivity contribution in [3.63, 3.8) is 0 Å². The molecule has 0 unspecified atom stereocenters. The first-order valence-corrected chi connectivity index (χ1v) is 9.36. The van der Waals surface area contributed by atoms with Crippen molar-refractivity contribution in [2.75, 3.05) is 11.9 Å². The average Bonchev–Trinajstić information content (AvgIpc) is 3.21. The molecular weight excluding hydrogens is 392 g/mol. The third-order valence-corrected chi connectivity index (χ3v) is 5.68. The van der Waals surface area contributed by atoms with E-state index >= 15 is 0 Å². The Morgan fingerprint density at radius 1 is 1.29 bits per heavy atom. The molecule has 28 heavy (non-hydrogen) atoms. The molecule has 2 aliphatic rings. The Bertz CT molecular complexity index is 1010. The molecule has 0 bridgehead atoms. The van der Waals surface area contributed by atoms with E-state index in [-0.39, 0.29) is 30.6 Å². The summed E-state index contributed by atoms with van der Waals surface area (Å²) in [5, 5.41) is 2.00. The number of imidazole rings is 1. The number of nitrogens with one attached hydrogen (secondary N) is 2. The number of aromatic amines is 1. The molecule has 0 aromatic carbocycles. The summed E-state index contributed by atoms with van der Waals surface area (Å²) in [6.07, 6.45) is 2.36. The van der Waals surface area contributed by atoms with Crippen molar-refractivity contribution < 1.29 is 23.2 Å². The molecule has 0 radical (unpaired) electrons. The Labute approximate surface area is 161 Å². The number of alkyl halides is 2. The van der Waals surface area contributed by atoms with Gasteiger partial charge in [0.25, 0.3) is 11.1 Å². The first-order valence-electron chi connectivity index (χ1n) is 8.55. The van der Waals surface area contributed by atoms with E-state index in [4.69, 9.17) is 0 Å². The van der Waals surface area contributed by atoms with Crippen LogP contribution in [0.5, 0.6) is 0 Å². The lowest BCUT2D eigenvalue weighted by Crippen LogP contribution is -2.36. The Morgan fingerprint density at radius 2 is 2.04 bits per heavy atom. The number of fused-ring (bicyclic) bond motifs is 1. The molecule has 11 heteroatoms. The summed E-state index contributed by atoms with van der Waals surface area (Å²) in [6, 6.07) is 1.63. The Kier molecular flexibility index (Phi) is 4.61. The number of allylic oxidation sites excluding steroid dienone is 1. The van der Waals surface area contributed by atoms with Gasteiger partial charge in [-0.2, -0.15) is 0 Å². The number of carbonyl (C=O) groups is 3. The number of amides is 3. The number of anilines is 1. The summed E-state index contributed by atoms with van der Waals surface area (Å²) in [7, 11) is 0. The highest BCUT2D eigenvalue weighted by Crippen LogP contribution is 2.42. The molecule has 3 heterocycles. The highest BCUT2D eigenvalue weighted by atomic mass is 32.2. The molecule has 1 saturated carbocycles. The second-order valence-electron chi connectivity index (χ2n) is 6.59. The number of hydrogen-bond donors (Lipinski definition) is 2. The molecule has 1 aliphatic heterocycles. The van der Waals surface area contributed by atoms with E-state index < -0.39 is 29.5 Å². The maximum Gasteiger partial charge on any atom is 0.294 e. The number of aromatic nitrogens is 3. The van der Waals surface area contributed by atoms with Crippen LogP contribution >= 0.6 is 11.8 Å². The second-order valence-corrected chi connectivity index (χ2v) is 7.56. The van der Waals surface area contributed by atoms with Gasteiger partial charge in [-0.05, 0) is 30.7 Å². The van der Waals surface area contributed by atoms with Gasteiger partial charge in [0.05, 0.1) is 28.6 Å². The van der Waals surface area contributed by atoms with E-state index in [1.807, 2.05) is 0 Å². The SMILES string of the molecule is O=C(CN1C(=O)SC(=C2CCC(F)(F)CC2)C1=O)Nc1cnc2nc[nH]c2c1. The van der Waals surface area contributed by atoms with Crippen molar-refractivity contribution in [1.29, 1.82) is 0 Å². The fraction of sp³-hybridized carbons (Fsp3) is 0.353. The summed E-state index contributed by atoms with van der Waals surface area (Å²) in [5.41, 5.74) is 2.07. The van der Waals surface area contributed by atoms with Crippen LogP contribution in [0.15, 0.2) is 29.1 Å². The van der Waals surface area contributed by atoms with Crippen LogP contribution in [0.4, 0.5) is 19.3 Å². The molecule has 2 aromatic heterocycles. The summed E-state index contributed by atoms with van der Waals surface area (Å²) in [6.45, 7) is -0.460. The highest BCUT2D eigenvalue weighted by Gasteiger charge is 2.41. The number of hydrogen-bond acceptors (Lipinski definition) is 6. The van der Waals surface area contributed by atoms with Crippen LogP contribution < -0.4 is 5.32 Å². The number of rotatable bonds is 3. The topological polar surface area (TPSA) is 108 Å². The minimum atomic E-state index is -2.73. The Hall–Kier alpha value is -2.82. The van der Waals surface area contributed by atoms with Gasteiger partial charge in [-0.1, -0.05) is 5.57 Å². The lowest BCUT2D eigenvalue weighted by molar-refractivity contribution is -0.127. The third kappa shape index (κ3) is 3.61. The number of pyridine rings is 1. The van der Waals surface area contributed by atoms with E-state index in [2.05, 4.69) is 20.3 Å². The third-order valence-electron chi connectivity index (χ3n) is 4.61. The first kappa shape index (κ1) is 18.5. The van der Waals surface area contributed by atoms with Gasteiger partial charge in [0.2, 0.25) is 11.8 Å². The van der Waals surface area contributed by atoms with Crippen molar-refractivity contribution >= 4 is 45.7 Å². The normalized spacial score (nSPS) is 19.6. The van der Waals surface area contributed by atoms with Crippen molar-refractivity contribution in [1.82, 2.24) is 19.9 Å². The van der Waals surface area contributed by atoms with Crippen molar-refractivity contribution in [2.45, 2.75) is 31.6 Å². The molecule has 2 aromatic rings. The smallest absolute Gasteiger partial charge is 0.294 e. The number of halogens is 2. The quantitative estimate of drug-likeness (QED) is 0.757. The van der Waals surface area contributed by atoms with E-state index in [9.17, 15) is 23.2 Å². The van der Waals surface area contributed by atoms with Crippen LogP contribution in [0, 0.1) is 0 Å². The van der Waals surface area contributed by atoms with Crippen LogP contribution in [-0.2, 0) is 9.59 Å². The largest absolute Gasteiger partial charge is 0.343 e. The lowest BCUT2D eigenvalue weighted by Gasteiger charge is -2.24. The van der Waals surface area contributed by atoms with Gasteiger partial charge in [0.15, 0.2) is 5.65 Å². The van der Waals surface area contributed by atoms with Gasteiger partial charge in [-0.3, -0.25) is 19.3 Å². The van der Waals surface area contributed by atoms with Crippen molar-refractivity contribution in [3.8, 4) is 0 Å². The Balaban J connectivity index is 1.43. The van der Waals surface area contributed by atoms with Gasteiger partial charge in [-0.25, -0.2) is 18.7 Å². The van der Waals surface area contributed by atoms with Crippen molar-refractivity contribution in [2.24, 2.45) is 0 Å². The molecule has 0 atom stereocenters. The molecule has 2 fully saturated rings. The zero-order valence-corrected chi connectivity index (χ0v) is 15.3. The predicted molar refractivity (Wildman–Crippen MR) is 97.7 cm³/mol. The number of imide groups is 1. The average molecular weight is 407 g/mol. The summed E-state index contributed by atoms with van der Waals surface area (Å²) >= 11 is 0.706. The molecule has 4 rings (SSSR count). The number of carbonyl (C=O) groups excluding carboxylic acids is 3. The van der Waals surface area contributed by atoms with Gasteiger partial charge in [0, 0.05) is 12.8 Å². The maximum atomic E-state index is 13.3. The molecule has 0 spiro atoms. The highest BCUT2D eigenvalue weighted by molar-refractivity contribution is 8.18. The molecule has 146 valence electrons. The summed E-state index contributed by atoms with van der Waals surface area (Å²) < 4.78 is 26.6. The van der Waals surface area contributed by atoms with Crippen LogP contribution in [0.25, 0.3) is 11.2 Å². The molecule has 1 saturated heterocycles. The predicted octanol–water partition coefficient (Wildman–Crippen LogP) is 3.06. The minimum absolute atomic E-state index is 0.0737. The molecule has 1 aliphatic carbocycles. The molecule has 2 N–H and O–H groups in total. The fourth-order valence-corrected chi connectivity index (χ4v) is 4.12. The maximum absolute atomic E-state index is 13.3. The van der Waals surface area contributed by atoms with Gasteiger partial charge in [-0.15, -0.1) is 0 Å². The number of nitrogens with zero attached hydrogens (tertiary/aromatic N) is 3. The van der Waals surface area contributed by atoms with E-state index in [0.29, 0.717) is 34.2 Å². The zero-order chi connectivity index (χ0) is 19.9. The van der Waals surface area contributed by atoms with E-state index in [1.54, 1.807) is 6.07 Å². The van der Waals surface area contributed by atoms with Gasteiger partial charge >= 0.3 is 0 Å². The van der Waals surface area contributed by atoms with Crippen LogP contribution in [0.2, 0.25) is 0 Å². The van der Waals surface area contributed by atoms with Gasteiger partial charge < -0.3 is 10.3 Å². The molecule has 8 nitrogen and oxygen atoms in total. The zero-order valence-electron chi connectivity index (χ0n) is 14.5. The summed E-state index contributed by atoms with van der Waals surface area (Å²) in [4.78, 5) is 48.9. The van der Waals surface area contributed by atoms with E-state index in [0.717, 1.165) is 4.90 Å².